The van der Waals surface area contributed by atoms with Crippen LogP contribution in [0.3, 0.4) is 0 Å². The molecule has 2 aromatic carbocycles. The van der Waals surface area contributed by atoms with Gasteiger partial charge in [0, 0.05) is 48.2 Å². The number of anilines is 2. The molecule has 2 fully saturated rings. The molecule has 4 heterocycles. The normalized spacial score (nSPS) is 20.0. The summed E-state index contributed by atoms with van der Waals surface area (Å²) in [6, 6.07) is 27.5. The van der Waals surface area contributed by atoms with E-state index >= 15 is 0 Å². The van der Waals surface area contributed by atoms with Crippen molar-refractivity contribution in [2.24, 2.45) is 0 Å². The Balaban J connectivity index is 1.42. The van der Waals surface area contributed by atoms with Crippen LogP contribution in [0.15, 0.2) is 91.3 Å². The number of aromatic nitrogens is 2. The number of pyridine rings is 1. The van der Waals surface area contributed by atoms with Crippen molar-refractivity contribution in [3.05, 3.63) is 108 Å². The number of hydrogen-bond acceptors (Lipinski definition) is 4. The highest BCUT2D eigenvalue weighted by molar-refractivity contribution is 7.80. The second kappa shape index (κ2) is 9.76. The van der Waals surface area contributed by atoms with E-state index in [1.165, 1.54) is 11.3 Å². The largest absolute Gasteiger partial charge is 0.378 e. The second-order valence-electron chi connectivity index (χ2n) is 9.25. The summed E-state index contributed by atoms with van der Waals surface area (Å²) >= 11 is 5.94. The third-order valence-electron chi connectivity index (χ3n) is 6.97. The molecule has 36 heavy (non-hydrogen) atoms. The summed E-state index contributed by atoms with van der Waals surface area (Å²) in [5.41, 5.74) is 6.75. The number of ether oxygens (including phenoxy) is 1. The fourth-order valence-electron chi connectivity index (χ4n) is 5.23. The Morgan fingerprint density at radius 1 is 0.889 bits per heavy atom. The zero-order valence-corrected chi connectivity index (χ0v) is 21.1. The highest BCUT2D eigenvalue weighted by Crippen LogP contribution is 2.42. The van der Waals surface area contributed by atoms with Gasteiger partial charge in [-0.15, -0.1) is 0 Å². The van der Waals surface area contributed by atoms with Crippen LogP contribution < -0.4 is 15.1 Å². The zero-order chi connectivity index (χ0) is 24.5. The lowest BCUT2D eigenvalue weighted by Crippen LogP contribution is -2.36. The van der Waals surface area contributed by atoms with Crippen molar-refractivity contribution >= 4 is 28.7 Å². The fourth-order valence-corrected chi connectivity index (χ4v) is 5.57. The van der Waals surface area contributed by atoms with E-state index in [1.807, 2.05) is 18.3 Å². The third kappa shape index (κ3) is 4.25. The van der Waals surface area contributed by atoms with Crippen LogP contribution in [0.5, 0.6) is 0 Å². The molecule has 1 N–H and O–H groups in total. The average Bonchev–Trinajstić information content (AvgIpc) is 3.54. The summed E-state index contributed by atoms with van der Waals surface area (Å²) in [4.78, 5) is 9.30. The molecule has 4 aromatic rings. The molecule has 0 aliphatic carbocycles. The first-order valence-corrected chi connectivity index (χ1v) is 12.8. The lowest BCUT2D eigenvalue weighted by molar-refractivity contribution is 0.122. The molecule has 2 aromatic heterocycles. The molecule has 7 heteroatoms. The van der Waals surface area contributed by atoms with Gasteiger partial charge < -0.3 is 24.4 Å². The second-order valence-corrected chi connectivity index (χ2v) is 9.64. The van der Waals surface area contributed by atoms with Crippen molar-refractivity contribution in [3.63, 3.8) is 0 Å². The molecule has 0 amide bonds. The summed E-state index contributed by atoms with van der Waals surface area (Å²) < 4.78 is 7.78. The van der Waals surface area contributed by atoms with Crippen molar-refractivity contribution in [3.8, 4) is 5.69 Å². The van der Waals surface area contributed by atoms with E-state index in [1.54, 1.807) is 0 Å². The molecule has 6 rings (SSSR count). The Labute approximate surface area is 217 Å². The van der Waals surface area contributed by atoms with E-state index in [-0.39, 0.29) is 12.1 Å². The van der Waals surface area contributed by atoms with Gasteiger partial charge in [0.2, 0.25) is 0 Å². The summed E-state index contributed by atoms with van der Waals surface area (Å²) in [6.07, 6.45) is 3.97. The van der Waals surface area contributed by atoms with E-state index < -0.39 is 0 Å². The Bertz CT molecular complexity index is 1350. The van der Waals surface area contributed by atoms with Gasteiger partial charge in [0.05, 0.1) is 24.9 Å². The van der Waals surface area contributed by atoms with Gasteiger partial charge in [-0.1, -0.05) is 18.2 Å². The molecule has 0 radical (unpaired) electrons. The topological polar surface area (TPSA) is 45.6 Å². The van der Waals surface area contributed by atoms with Crippen LogP contribution >= 0.6 is 12.2 Å². The van der Waals surface area contributed by atoms with Crippen LogP contribution in [0.1, 0.15) is 29.0 Å². The molecule has 6 nitrogen and oxygen atoms in total. The standard InChI is InChI=1S/C29H29N5OS/c1-21-6-4-7-24(20-21)33-15-5-9-26(33)28-27(25-8-2-3-14-30-25)31-29(36)34(28)23-12-10-22(11-13-23)32-16-18-35-19-17-32/h2-15,20,27-28H,16-19H2,1H3,(H,31,36)/t27-,28-/m0/s1. The molecule has 182 valence electrons. The quantitative estimate of drug-likeness (QED) is 0.384. The first-order valence-electron chi connectivity index (χ1n) is 12.4. The molecule has 0 saturated carbocycles. The van der Waals surface area contributed by atoms with E-state index in [0.29, 0.717) is 5.11 Å². The highest BCUT2D eigenvalue weighted by Gasteiger charge is 2.42. The molecular weight excluding hydrogens is 466 g/mol. The van der Waals surface area contributed by atoms with Gasteiger partial charge in [-0.25, -0.2) is 0 Å². The van der Waals surface area contributed by atoms with Crippen LogP contribution in [0.25, 0.3) is 5.69 Å². The number of nitrogens with one attached hydrogen (secondary N) is 1. The smallest absolute Gasteiger partial charge is 0.174 e. The number of rotatable bonds is 5. The summed E-state index contributed by atoms with van der Waals surface area (Å²) in [6.45, 7) is 5.49. The number of aryl methyl sites for hydroxylation is 1. The molecule has 2 saturated heterocycles. The summed E-state index contributed by atoms with van der Waals surface area (Å²) in [5.74, 6) is 0. The van der Waals surface area contributed by atoms with E-state index in [4.69, 9.17) is 21.9 Å². The van der Waals surface area contributed by atoms with Gasteiger partial charge >= 0.3 is 0 Å². The van der Waals surface area contributed by atoms with Crippen LogP contribution in [0.4, 0.5) is 11.4 Å². The molecule has 2 aliphatic rings. The number of benzene rings is 2. The highest BCUT2D eigenvalue weighted by atomic mass is 32.1. The predicted molar refractivity (Wildman–Crippen MR) is 148 cm³/mol. The Morgan fingerprint density at radius 3 is 2.44 bits per heavy atom. The molecular formula is C29H29N5OS. The first-order chi connectivity index (χ1) is 17.7. The van der Waals surface area contributed by atoms with E-state index in [2.05, 4.69) is 99.5 Å². The van der Waals surface area contributed by atoms with Gasteiger partial charge in [0.1, 0.15) is 6.04 Å². The maximum Gasteiger partial charge on any atom is 0.174 e. The zero-order valence-electron chi connectivity index (χ0n) is 20.2. The molecule has 2 aliphatic heterocycles. The average molecular weight is 496 g/mol. The van der Waals surface area contributed by atoms with Crippen molar-refractivity contribution in [2.75, 3.05) is 36.1 Å². The number of thiocarbonyl (C=S) groups is 1. The lowest BCUT2D eigenvalue weighted by Gasteiger charge is -2.31. The van der Waals surface area contributed by atoms with Gasteiger partial charge in [-0.2, -0.15) is 0 Å². The van der Waals surface area contributed by atoms with Gasteiger partial charge in [0.25, 0.3) is 0 Å². The maximum atomic E-state index is 5.94. The fraction of sp³-hybridized carbons (Fsp3) is 0.241. The summed E-state index contributed by atoms with van der Waals surface area (Å²) in [7, 11) is 0. The molecule has 0 spiro atoms. The molecule has 0 bridgehead atoms. The summed E-state index contributed by atoms with van der Waals surface area (Å²) in [5, 5.41) is 4.28. The van der Waals surface area contributed by atoms with Crippen LogP contribution in [0.2, 0.25) is 0 Å². The van der Waals surface area contributed by atoms with E-state index in [0.717, 1.165) is 49.1 Å². The minimum absolute atomic E-state index is 0.0721. The van der Waals surface area contributed by atoms with Crippen LogP contribution in [-0.2, 0) is 4.74 Å². The predicted octanol–water partition coefficient (Wildman–Crippen LogP) is 5.19. The Morgan fingerprint density at radius 2 is 1.69 bits per heavy atom. The lowest BCUT2D eigenvalue weighted by atomic mass is 10.0. The first kappa shape index (κ1) is 22.8. The minimum Gasteiger partial charge on any atom is -0.378 e. The molecule has 2 atom stereocenters. The van der Waals surface area contributed by atoms with Crippen molar-refractivity contribution in [1.82, 2.24) is 14.9 Å². The Hall–Kier alpha value is -3.68. The maximum absolute atomic E-state index is 5.94. The van der Waals surface area contributed by atoms with Crippen molar-refractivity contribution in [2.45, 2.75) is 19.0 Å². The van der Waals surface area contributed by atoms with Gasteiger partial charge in [0.15, 0.2) is 5.11 Å². The van der Waals surface area contributed by atoms with Crippen LogP contribution in [0, 0.1) is 6.92 Å². The number of morpholine rings is 1. The van der Waals surface area contributed by atoms with Crippen molar-refractivity contribution < 1.29 is 4.74 Å². The van der Waals surface area contributed by atoms with Gasteiger partial charge in [-0.05, 0) is 85.4 Å². The number of hydrogen-bond donors (Lipinski definition) is 1. The number of nitrogens with zero attached hydrogens (tertiary/aromatic N) is 4. The van der Waals surface area contributed by atoms with Crippen molar-refractivity contribution in [1.29, 1.82) is 0 Å². The molecule has 0 unspecified atom stereocenters. The van der Waals surface area contributed by atoms with E-state index in [9.17, 15) is 0 Å². The van der Waals surface area contributed by atoms with Gasteiger partial charge in [-0.3, -0.25) is 4.98 Å². The van der Waals surface area contributed by atoms with Crippen LogP contribution in [-0.4, -0.2) is 41.0 Å². The monoisotopic (exact) mass is 495 g/mol. The minimum atomic E-state index is -0.0870. The Kier molecular flexibility index (Phi) is 6.17. The SMILES string of the molecule is Cc1cccc(-n2cccc2[C@H]2[C@H](c3ccccn3)NC(=S)N2c2ccc(N3CCOCC3)cc2)c1. The third-order valence-corrected chi connectivity index (χ3v) is 7.28.